The number of fused-ring (bicyclic) bond motifs is 1. The summed E-state index contributed by atoms with van der Waals surface area (Å²) in [5, 5.41) is 3.32. The van der Waals surface area contributed by atoms with Crippen molar-refractivity contribution in [3.8, 4) is 0 Å². The molecule has 98 valence electrons. The highest BCUT2D eigenvalue weighted by molar-refractivity contribution is 5.87. The number of nitrogens with zero attached hydrogens (tertiary/aromatic N) is 1. The number of nitrogens with one attached hydrogen (secondary N) is 1. The van der Waals surface area contributed by atoms with Gasteiger partial charge in [-0.2, -0.15) is 0 Å². The molecule has 1 aromatic rings. The third-order valence-electron chi connectivity index (χ3n) is 3.94. The first kappa shape index (κ1) is 13.4. The third-order valence-corrected chi connectivity index (χ3v) is 3.94. The molecule has 1 aromatic carbocycles. The van der Waals surface area contributed by atoms with Crippen LogP contribution in [0.25, 0.3) is 0 Å². The quantitative estimate of drug-likeness (QED) is 0.837. The van der Waals surface area contributed by atoms with Crippen LogP contribution in [0.1, 0.15) is 24.0 Å². The Bertz CT molecular complexity index is 449. The Morgan fingerprint density at radius 1 is 1.39 bits per heavy atom. The minimum Gasteiger partial charge on any atom is -0.337 e. The first-order chi connectivity index (χ1) is 8.27. The van der Waals surface area contributed by atoms with Gasteiger partial charge >= 0.3 is 0 Å². The Morgan fingerprint density at radius 2 is 2.17 bits per heavy atom. The van der Waals surface area contributed by atoms with Gasteiger partial charge in [-0.25, -0.2) is 0 Å². The van der Waals surface area contributed by atoms with Crippen LogP contribution in [0, 0.1) is 0 Å². The van der Waals surface area contributed by atoms with Crippen molar-refractivity contribution in [1.82, 2.24) is 10.2 Å². The highest BCUT2D eigenvalue weighted by Crippen LogP contribution is 2.36. The summed E-state index contributed by atoms with van der Waals surface area (Å²) < 4.78 is 0. The van der Waals surface area contributed by atoms with E-state index in [2.05, 4.69) is 24.4 Å². The van der Waals surface area contributed by atoms with Crippen molar-refractivity contribution >= 4 is 18.3 Å². The molecule has 1 aliphatic heterocycles. The van der Waals surface area contributed by atoms with E-state index in [9.17, 15) is 4.79 Å². The number of hydrogen-bond acceptors (Lipinski definition) is 2. The van der Waals surface area contributed by atoms with E-state index >= 15 is 0 Å². The van der Waals surface area contributed by atoms with E-state index in [0.717, 1.165) is 26.1 Å². The van der Waals surface area contributed by atoms with Gasteiger partial charge in [0.05, 0.1) is 5.92 Å². The second-order valence-corrected chi connectivity index (χ2v) is 5.04. The summed E-state index contributed by atoms with van der Waals surface area (Å²) in [5.74, 6) is 0.435. The average Bonchev–Trinajstić information content (AvgIpc) is 2.31. The largest absolute Gasteiger partial charge is 0.337 e. The lowest BCUT2D eigenvalue weighted by Gasteiger charge is -2.39. The predicted molar refractivity (Wildman–Crippen MR) is 74.2 cm³/mol. The fourth-order valence-corrected chi connectivity index (χ4v) is 2.85. The van der Waals surface area contributed by atoms with Gasteiger partial charge in [-0.1, -0.05) is 24.3 Å². The van der Waals surface area contributed by atoms with Crippen LogP contribution < -0.4 is 5.32 Å². The molecule has 2 atom stereocenters. The summed E-state index contributed by atoms with van der Waals surface area (Å²) in [5.41, 5.74) is 2.58. The molecular weight excluding hydrogens is 248 g/mol. The normalized spacial score (nSPS) is 25.7. The molecule has 1 amide bonds. The summed E-state index contributed by atoms with van der Waals surface area (Å²) >= 11 is 0. The van der Waals surface area contributed by atoms with Crippen molar-refractivity contribution in [2.75, 3.05) is 19.6 Å². The van der Waals surface area contributed by atoms with Crippen LogP contribution in [-0.2, 0) is 11.2 Å². The molecule has 0 radical (unpaired) electrons. The lowest BCUT2D eigenvalue weighted by Crippen LogP contribution is -2.54. The number of carbonyl (C=O) groups is 1. The molecule has 0 bridgehead atoms. The SMILES string of the molecule is CC1CNCCN1C(=O)C1Cc2ccccc21.Cl. The fraction of sp³-hybridized carbons (Fsp3) is 0.500. The van der Waals surface area contributed by atoms with Crippen molar-refractivity contribution in [2.45, 2.75) is 25.3 Å². The van der Waals surface area contributed by atoms with Gasteiger partial charge in [-0.15, -0.1) is 12.4 Å². The molecule has 3 nitrogen and oxygen atoms in total. The smallest absolute Gasteiger partial charge is 0.230 e. The zero-order valence-corrected chi connectivity index (χ0v) is 11.4. The first-order valence-corrected chi connectivity index (χ1v) is 6.36. The molecule has 0 aromatic heterocycles. The molecule has 1 fully saturated rings. The summed E-state index contributed by atoms with van der Waals surface area (Å²) in [6.07, 6.45) is 0.922. The lowest BCUT2D eigenvalue weighted by molar-refractivity contribution is -0.136. The topological polar surface area (TPSA) is 32.3 Å². The Balaban J connectivity index is 0.00000120. The first-order valence-electron chi connectivity index (χ1n) is 6.36. The number of amides is 1. The van der Waals surface area contributed by atoms with Gasteiger partial charge in [0.2, 0.25) is 5.91 Å². The Morgan fingerprint density at radius 3 is 2.89 bits per heavy atom. The molecule has 18 heavy (non-hydrogen) atoms. The highest BCUT2D eigenvalue weighted by Gasteiger charge is 2.36. The standard InChI is InChI=1S/C14H18N2O.ClH/c1-10-9-15-6-7-16(10)14(17)13-8-11-4-2-3-5-12(11)13;/h2-5,10,13,15H,6-9H2,1H3;1H. The van der Waals surface area contributed by atoms with Gasteiger partial charge in [-0.05, 0) is 24.5 Å². The zero-order valence-electron chi connectivity index (χ0n) is 10.6. The molecule has 1 heterocycles. The van der Waals surface area contributed by atoms with Gasteiger partial charge in [0, 0.05) is 25.7 Å². The van der Waals surface area contributed by atoms with Crippen molar-refractivity contribution in [3.05, 3.63) is 35.4 Å². The van der Waals surface area contributed by atoms with Crippen molar-refractivity contribution in [2.24, 2.45) is 0 Å². The van der Waals surface area contributed by atoms with Crippen molar-refractivity contribution in [1.29, 1.82) is 0 Å². The molecule has 2 aliphatic rings. The molecular formula is C14H19ClN2O. The molecule has 3 rings (SSSR count). The molecule has 2 unspecified atom stereocenters. The monoisotopic (exact) mass is 266 g/mol. The Hall–Kier alpha value is -1.06. The number of hydrogen-bond donors (Lipinski definition) is 1. The Kier molecular flexibility index (Phi) is 3.93. The molecule has 0 spiro atoms. The number of halogens is 1. The molecule has 1 N–H and O–H groups in total. The minimum atomic E-state index is 0. The number of carbonyl (C=O) groups excluding carboxylic acids is 1. The van der Waals surface area contributed by atoms with E-state index in [1.54, 1.807) is 0 Å². The van der Waals surface area contributed by atoms with Crippen LogP contribution in [0.3, 0.4) is 0 Å². The van der Waals surface area contributed by atoms with Crippen LogP contribution in [-0.4, -0.2) is 36.5 Å². The second kappa shape index (κ2) is 5.29. The van der Waals surface area contributed by atoms with E-state index in [0.29, 0.717) is 11.9 Å². The van der Waals surface area contributed by atoms with E-state index in [1.165, 1.54) is 11.1 Å². The van der Waals surface area contributed by atoms with E-state index in [1.807, 2.05) is 17.0 Å². The predicted octanol–water partition coefficient (Wildman–Crippen LogP) is 1.57. The van der Waals surface area contributed by atoms with Crippen LogP contribution in [0.4, 0.5) is 0 Å². The van der Waals surface area contributed by atoms with Crippen molar-refractivity contribution < 1.29 is 4.79 Å². The van der Waals surface area contributed by atoms with Crippen molar-refractivity contribution in [3.63, 3.8) is 0 Å². The zero-order chi connectivity index (χ0) is 11.8. The van der Waals surface area contributed by atoms with Crippen LogP contribution >= 0.6 is 12.4 Å². The second-order valence-electron chi connectivity index (χ2n) is 5.04. The van der Waals surface area contributed by atoms with Gasteiger partial charge in [0.25, 0.3) is 0 Å². The third kappa shape index (κ3) is 2.13. The van der Waals surface area contributed by atoms with Gasteiger partial charge < -0.3 is 10.2 Å². The average molecular weight is 267 g/mol. The minimum absolute atomic E-state index is 0. The summed E-state index contributed by atoms with van der Waals surface area (Å²) in [6.45, 7) is 4.80. The van der Waals surface area contributed by atoms with Crippen LogP contribution in [0.15, 0.2) is 24.3 Å². The summed E-state index contributed by atoms with van der Waals surface area (Å²) in [7, 11) is 0. The number of piperazine rings is 1. The van der Waals surface area contributed by atoms with Crippen LogP contribution in [0.5, 0.6) is 0 Å². The highest BCUT2D eigenvalue weighted by atomic mass is 35.5. The molecule has 1 saturated heterocycles. The maximum atomic E-state index is 12.5. The van der Waals surface area contributed by atoms with Gasteiger partial charge in [0.1, 0.15) is 0 Å². The lowest BCUT2D eigenvalue weighted by atomic mass is 9.76. The molecule has 0 saturated carbocycles. The summed E-state index contributed by atoms with van der Waals surface area (Å²) in [4.78, 5) is 14.5. The van der Waals surface area contributed by atoms with E-state index in [-0.39, 0.29) is 18.3 Å². The number of benzene rings is 1. The maximum absolute atomic E-state index is 12.5. The van der Waals surface area contributed by atoms with Gasteiger partial charge in [0.15, 0.2) is 0 Å². The van der Waals surface area contributed by atoms with E-state index in [4.69, 9.17) is 0 Å². The fourth-order valence-electron chi connectivity index (χ4n) is 2.85. The maximum Gasteiger partial charge on any atom is 0.230 e. The molecule has 1 aliphatic carbocycles. The Labute approximate surface area is 114 Å². The summed E-state index contributed by atoms with van der Waals surface area (Å²) in [6, 6.07) is 8.62. The van der Waals surface area contributed by atoms with E-state index < -0.39 is 0 Å². The van der Waals surface area contributed by atoms with Gasteiger partial charge in [-0.3, -0.25) is 4.79 Å². The number of rotatable bonds is 1. The van der Waals surface area contributed by atoms with Crippen LogP contribution in [0.2, 0.25) is 0 Å². The molecule has 4 heteroatoms.